The molecule has 2 aromatic rings. The van der Waals surface area contributed by atoms with Gasteiger partial charge in [-0.2, -0.15) is 0 Å². The van der Waals surface area contributed by atoms with Gasteiger partial charge < -0.3 is 10.1 Å². The molecule has 1 aromatic carbocycles. The van der Waals surface area contributed by atoms with Crippen LogP contribution in [-0.2, 0) is 6.61 Å². The van der Waals surface area contributed by atoms with Crippen LogP contribution in [-0.4, -0.2) is 17.0 Å². The molecule has 0 amide bonds. The third kappa shape index (κ3) is 3.25. The number of nitro groups is 1. The van der Waals surface area contributed by atoms with E-state index in [1.165, 1.54) is 13.0 Å². The summed E-state index contributed by atoms with van der Waals surface area (Å²) in [5.74, 6) is -0.150. The Labute approximate surface area is 120 Å². The average Bonchev–Trinajstić information content (AvgIpc) is 2.47. The molecule has 0 fully saturated rings. The highest BCUT2D eigenvalue weighted by atomic mass is 19.1. The zero-order chi connectivity index (χ0) is 15.4. The third-order valence-corrected chi connectivity index (χ3v) is 2.96. The van der Waals surface area contributed by atoms with Gasteiger partial charge in [0.05, 0.1) is 11.0 Å². The number of rotatable bonds is 5. The molecular weight excluding hydrogens is 277 g/mol. The quantitative estimate of drug-likeness (QED) is 0.676. The Morgan fingerprint density at radius 3 is 2.90 bits per heavy atom. The fourth-order valence-corrected chi connectivity index (χ4v) is 1.89. The molecule has 1 N–H and O–H groups in total. The number of aromatic nitrogens is 1. The summed E-state index contributed by atoms with van der Waals surface area (Å²) in [6, 6.07) is 5.74. The monoisotopic (exact) mass is 291 g/mol. The van der Waals surface area contributed by atoms with Gasteiger partial charge in [0.2, 0.25) is 0 Å². The molecule has 7 heteroatoms. The van der Waals surface area contributed by atoms with Gasteiger partial charge in [-0.15, -0.1) is 0 Å². The first-order chi connectivity index (χ1) is 10.0. The molecule has 0 atom stereocenters. The van der Waals surface area contributed by atoms with E-state index in [0.717, 1.165) is 11.6 Å². The molecule has 1 heterocycles. The lowest BCUT2D eigenvalue weighted by Gasteiger charge is -2.11. The van der Waals surface area contributed by atoms with Crippen LogP contribution in [0.1, 0.15) is 11.1 Å². The number of ether oxygens (including phenoxy) is 1. The molecule has 1 aromatic heterocycles. The van der Waals surface area contributed by atoms with Gasteiger partial charge in [-0.25, -0.2) is 9.37 Å². The van der Waals surface area contributed by atoms with Crippen LogP contribution in [0.4, 0.5) is 15.9 Å². The maximum Gasteiger partial charge on any atom is 0.275 e. The van der Waals surface area contributed by atoms with E-state index in [0.29, 0.717) is 11.4 Å². The fraction of sp³-hybridized carbons (Fsp3) is 0.214. The van der Waals surface area contributed by atoms with E-state index in [1.54, 1.807) is 25.4 Å². The first-order valence-corrected chi connectivity index (χ1v) is 6.22. The lowest BCUT2D eigenvalue weighted by atomic mass is 10.2. The predicted octanol–water partition coefficient (Wildman–Crippen LogP) is 3.06. The Bertz CT molecular complexity index is 677. The van der Waals surface area contributed by atoms with Gasteiger partial charge >= 0.3 is 0 Å². The number of pyridine rings is 1. The summed E-state index contributed by atoms with van der Waals surface area (Å²) in [5.41, 5.74) is 0.837. The van der Waals surface area contributed by atoms with Gasteiger partial charge in [-0.1, -0.05) is 6.07 Å². The molecule has 2 rings (SSSR count). The Kier molecular flexibility index (Phi) is 4.32. The van der Waals surface area contributed by atoms with Crippen LogP contribution < -0.4 is 10.1 Å². The number of hydrogen-bond acceptors (Lipinski definition) is 5. The van der Waals surface area contributed by atoms with E-state index in [4.69, 9.17) is 4.74 Å². The van der Waals surface area contributed by atoms with Crippen LogP contribution in [0.2, 0.25) is 0 Å². The van der Waals surface area contributed by atoms with Crippen molar-refractivity contribution in [3.63, 3.8) is 0 Å². The second-order valence-corrected chi connectivity index (χ2v) is 4.38. The molecule has 0 unspecified atom stereocenters. The van der Waals surface area contributed by atoms with E-state index >= 15 is 0 Å². The number of nitrogens with one attached hydrogen (secondary N) is 1. The minimum atomic E-state index is -0.762. The Morgan fingerprint density at radius 2 is 2.24 bits per heavy atom. The number of nitro benzene ring substituents is 1. The van der Waals surface area contributed by atoms with Gasteiger partial charge in [0.25, 0.3) is 5.69 Å². The van der Waals surface area contributed by atoms with Crippen LogP contribution in [0, 0.1) is 22.9 Å². The molecular formula is C14H14FN3O3. The second-order valence-electron chi connectivity index (χ2n) is 4.38. The van der Waals surface area contributed by atoms with E-state index < -0.39 is 10.7 Å². The molecule has 6 nitrogen and oxygen atoms in total. The predicted molar refractivity (Wildman–Crippen MR) is 75.9 cm³/mol. The van der Waals surface area contributed by atoms with Crippen molar-refractivity contribution in [1.82, 2.24) is 4.98 Å². The maximum atomic E-state index is 13.8. The number of aryl methyl sites for hydroxylation is 1. The second kappa shape index (κ2) is 6.17. The van der Waals surface area contributed by atoms with Crippen molar-refractivity contribution in [2.75, 3.05) is 12.4 Å². The Morgan fingerprint density at radius 1 is 1.48 bits per heavy atom. The summed E-state index contributed by atoms with van der Waals surface area (Å²) in [4.78, 5) is 14.2. The van der Waals surface area contributed by atoms with Gasteiger partial charge in [0.1, 0.15) is 12.4 Å². The first kappa shape index (κ1) is 14.7. The van der Waals surface area contributed by atoms with E-state index in [-0.39, 0.29) is 18.0 Å². The molecule has 0 saturated heterocycles. The molecule has 21 heavy (non-hydrogen) atoms. The van der Waals surface area contributed by atoms with E-state index in [2.05, 4.69) is 10.3 Å². The topological polar surface area (TPSA) is 77.3 Å². The molecule has 0 bridgehead atoms. The number of anilines is 1. The minimum absolute atomic E-state index is 0.0241. The average molecular weight is 291 g/mol. The fourth-order valence-electron chi connectivity index (χ4n) is 1.89. The SMILES string of the molecule is CNc1ncccc1COc1cc(C)c([N+](=O)[O-])cc1F. The Balaban J connectivity index is 2.21. The van der Waals surface area contributed by atoms with Crippen molar-refractivity contribution < 1.29 is 14.1 Å². The van der Waals surface area contributed by atoms with E-state index in [9.17, 15) is 14.5 Å². The first-order valence-electron chi connectivity index (χ1n) is 6.22. The number of halogens is 1. The van der Waals surface area contributed by atoms with E-state index in [1.807, 2.05) is 0 Å². The molecule has 0 aliphatic carbocycles. The van der Waals surface area contributed by atoms with Crippen molar-refractivity contribution in [3.8, 4) is 5.75 Å². The molecule has 0 radical (unpaired) electrons. The number of nitrogens with zero attached hydrogens (tertiary/aromatic N) is 2. The molecule has 0 aliphatic heterocycles. The third-order valence-electron chi connectivity index (χ3n) is 2.96. The zero-order valence-electron chi connectivity index (χ0n) is 11.6. The van der Waals surface area contributed by atoms with Crippen LogP contribution in [0.5, 0.6) is 5.75 Å². The standard InChI is InChI=1S/C14H14FN3O3/c1-9-6-13(11(15)7-12(9)18(19)20)21-8-10-4-3-5-17-14(10)16-2/h3-7H,8H2,1-2H3,(H,16,17). The van der Waals surface area contributed by atoms with Crippen LogP contribution in [0.25, 0.3) is 0 Å². The number of benzene rings is 1. The van der Waals surface area contributed by atoms with Crippen molar-refractivity contribution in [1.29, 1.82) is 0 Å². The van der Waals surface area contributed by atoms with Crippen molar-refractivity contribution in [2.45, 2.75) is 13.5 Å². The zero-order valence-corrected chi connectivity index (χ0v) is 11.6. The summed E-state index contributed by atoms with van der Waals surface area (Å²) < 4.78 is 19.2. The molecule has 0 spiro atoms. The minimum Gasteiger partial charge on any atom is -0.486 e. The summed E-state index contributed by atoms with van der Waals surface area (Å²) in [6.07, 6.45) is 1.63. The highest BCUT2D eigenvalue weighted by Crippen LogP contribution is 2.28. The van der Waals surface area contributed by atoms with Gasteiger partial charge in [-0.3, -0.25) is 10.1 Å². The van der Waals surface area contributed by atoms with Gasteiger partial charge in [0, 0.05) is 24.4 Å². The van der Waals surface area contributed by atoms with Crippen LogP contribution in [0.3, 0.4) is 0 Å². The molecule has 0 aliphatic rings. The highest BCUT2D eigenvalue weighted by molar-refractivity contribution is 5.46. The highest BCUT2D eigenvalue weighted by Gasteiger charge is 2.16. The van der Waals surface area contributed by atoms with Crippen LogP contribution >= 0.6 is 0 Å². The summed E-state index contributed by atoms with van der Waals surface area (Å²) >= 11 is 0. The molecule has 0 saturated carbocycles. The normalized spacial score (nSPS) is 10.2. The summed E-state index contributed by atoms with van der Waals surface area (Å²) in [5, 5.41) is 13.6. The van der Waals surface area contributed by atoms with Crippen molar-refractivity contribution >= 4 is 11.5 Å². The maximum absolute atomic E-state index is 13.8. The largest absolute Gasteiger partial charge is 0.486 e. The summed E-state index contributed by atoms with van der Waals surface area (Å²) in [6.45, 7) is 1.64. The van der Waals surface area contributed by atoms with Crippen molar-refractivity contribution in [3.05, 3.63) is 57.5 Å². The lowest BCUT2D eigenvalue weighted by molar-refractivity contribution is -0.385. The summed E-state index contributed by atoms with van der Waals surface area (Å²) in [7, 11) is 1.72. The van der Waals surface area contributed by atoms with Gasteiger partial charge in [0.15, 0.2) is 11.6 Å². The molecule has 110 valence electrons. The number of hydrogen-bond donors (Lipinski definition) is 1. The van der Waals surface area contributed by atoms with Gasteiger partial charge in [-0.05, 0) is 19.1 Å². The smallest absolute Gasteiger partial charge is 0.275 e. The van der Waals surface area contributed by atoms with Crippen LogP contribution in [0.15, 0.2) is 30.5 Å². The van der Waals surface area contributed by atoms with Crippen molar-refractivity contribution in [2.24, 2.45) is 0 Å². The lowest BCUT2D eigenvalue weighted by Crippen LogP contribution is -2.04. The Hall–Kier alpha value is -2.70.